The molecule has 5 nitrogen and oxygen atoms in total. The number of aryl methyl sites for hydroxylation is 2. The molecular formula is C26H29ClN4OS. The molecule has 0 spiro atoms. The molecule has 0 aliphatic carbocycles. The first-order valence-electron chi connectivity index (χ1n) is 11.5. The van der Waals surface area contributed by atoms with Gasteiger partial charge in [-0.25, -0.2) is 0 Å². The van der Waals surface area contributed by atoms with E-state index in [0.717, 1.165) is 47.5 Å². The summed E-state index contributed by atoms with van der Waals surface area (Å²) >= 11 is 12.2. The van der Waals surface area contributed by atoms with Crippen LogP contribution in [0, 0.1) is 20.8 Å². The van der Waals surface area contributed by atoms with Crippen LogP contribution in [0.15, 0.2) is 48.7 Å². The van der Waals surface area contributed by atoms with Gasteiger partial charge in [-0.1, -0.05) is 23.7 Å². The zero-order valence-corrected chi connectivity index (χ0v) is 20.8. The summed E-state index contributed by atoms with van der Waals surface area (Å²) in [6, 6.07) is 14.4. The van der Waals surface area contributed by atoms with E-state index in [0.29, 0.717) is 0 Å². The molecule has 2 saturated heterocycles. The van der Waals surface area contributed by atoms with Gasteiger partial charge in [-0.2, -0.15) is 0 Å². The van der Waals surface area contributed by atoms with Crippen LogP contribution in [0.1, 0.15) is 53.1 Å². The van der Waals surface area contributed by atoms with E-state index in [1.807, 2.05) is 30.5 Å². The molecule has 1 N–H and O–H groups in total. The van der Waals surface area contributed by atoms with Crippen molar-refractivity contribution in [1.82, 2.24) is 19.8 Å². The maximum absolute atomic E-state index is 6.38. The monoisotopic (exact) mass is 480 g/mol. The predicted octanol–water partition coefficient (Wildman–Crippen LogP) is 5.60. The number of pyridine rings is 1. The number of nitrogens with zero attached hydrogens (tertiary/aromatic N) is 3. The fourth-order valence-electron chi connectivity index (χ4n) is 5.23. The highest BCUT2D eigenvalue weighted by Crippen LogP contribution is 2.42. The Morgan fingerprint density at radius 3 is 2.76 bits per heavy atom. The minimum atomic E-state index is -0.0329. The second-order valence-corrected chi connectivity index (χ2v) is 9.83. The highest BCUT2D eigenvalue weighted by Gasteiger charge is 2.42. The Labute approximate surface area is 205 Å². The normalized spacial score (nSPS) is 22.7. The van der Waals surface area contributed by atoms with Crippen molar-refractivity contribution in [3.8, 4) is 5.69 Å². The van der Waals surface area contributed by atoms with Gasteiger partial charge in [-0.15, -0.1) is 0 Å². The molecule has 0 bridgehead atoms. The lowest BCUT2D eigenvalue weighted by Gasteiger charge is -2.30. The molecule has 4 heterocycles. The number of nitrogens with one attached hydrogen (secondary N) is 1. The van der Waals surface area contributed by atoms with Gasteiger partial charge in [0.05, 0.1) is 23.9 Å². The summed E-state index contributed by atoms with van der Waals surface area (Å²) in [5.74, 6) is 0. The van der Waals surface area contributed by atoms with Crippen LogP contribution in [-0.2, 0) is 4.74 Å². The number of ether oxygens (including phenoxy) is 1. The van der Waals surface area contributed by atoms with Crippen LogP contribution in [0.3, 0.4) is 0 Å². The molecule has 2 aliphatic rings. The summed E-state index contributed by atoms with van der Waals surface area (Å²) in [7, 11) is 0. The van der Waals surface area contributed by atoms with E-state index in [9.17, 15) is 0 Å². The molecule has 0 amide bonds. The fourth-order valence-corrected chi connectivity index (χ4v) is 5.71. The van der Waals surface area contributed by atoms with Gasteiger partial charge in [0.2, 0.25) is 0 Å². The number of hydrogen-bond donors (Lipinski definition) is 1. The van der Waals surface area contributed by atoms with Gasteiger partial charge < -0.3 is 19.5 Å². The van der Waals surface area contributed by atoms with Crippen LogP contribution in [-0.4, -0.2) is 38.8 Å². The zero-order chi connectivity index (χ0) is 23.1. The third-order valence-electron chi connectivity index (χ3n) is 6.82. The van der Waals surface area contributed by atoms with Crippen LogP contribution in [0.4, 0.5) is 0 Å². The van der Waals surface area contributed by atoms with Crippen molar-refractivity contribution >= 4 is 28.9 Å². The average Bonchev–Trinajstić information content (AvgIpc) is 3.50. The number of halogens is 1. The first kappa shape index (κ1) is 22.4. The maximum atomic E-state index is 6.38. The van der Waals surface area contributed by atoms with E-state index in [4.69, 9.17) is 28.6 Å². The number of thiocarbonyl (C=S) groups is 1. The Balaban J connectivity index is 1.61. The SMILES string of the molecule is Cc1ccc(Cl)cc1-n1c(C)cc([C@H]2[C@@H](c3ccccn3)NC(=S)N2C[C@@H]2CCCO2)c1C. The fraction of sp³-hybridized carbons (Fsp3) is 0.385. The van der Waals surface area contributed by atoms with E-state index in [1.54, 1.807) is 0 Å². The highest BCUT2D eigenvalue weighted by atomic mass is 35.5. The molecule has 2 fully saturated rings. The van der Waals surface area contributed by atoms with E-state index >= 15 is 0 Å². The molecule has 1 aromatic carbocycles. The van der Waals surface area contributed by atoms with Crippen LogP contribution in [0.2, 0.25) is 5.02 Å². The largest absolute Gasteiger partial charge is 0.376 e. The van der Waals surface area contributed by atoms with Crippen molar-refractivity contribution in [3.05, 3.63) is 81.9 Å². The molecule has 3 atom stereocenters. The second kappa shape index (κ2) is 9.09. The Hall–Kier alpha value is -2.41. The van der Waals surface area contributed by atoms with Crippen molar-refractivity contribution in [2.24, 2.45) is 0 Å². The third kappa shape index (κ3) is 4.16. The first-order valence-corrected chi connectivity index (χ1v) is 12.3. The molecule has 33 heavy (non-hydrogen) atoms. The molecule has 7 heteroatoms. The summed E-state index contributed by atoms with van der Waals surface area (Å²) in [6.07, 6.45) is 4.22. The zero-order valence-electron chi connectivity index (χ0n) is 19.2. The van der Waals surface area contributed by atoms with Gasteiger partial charge in [-0.3, -0.25) is 4.98 Å². The Morgan fingerprint density at radius 1 is 1.18 bits per heavy atom. The smallest absolute Gasteiger partial charge is 0.170 e. The number of hydrogen-bond acceptors (Lipinski definition) is 3. The molecule has 0 radical (unpaired) electrons. The highest BCUT2D eigenvalue weighted by molar-refractivity contribution is 7.80. The lowest BCUT2D eigenvalue weighted by molar-refractivity contribution is 0.0842. The van der Waals surface area contributed by atoms with E-state index in [1.165, 1.54) is 22.5 Å². The lowest BCUT2D eigenvalue weighted by atomic mass is 9.96. The molecule has 0 saturated carbocycles. The van der Waals surface area contributed by atoms with Gasteiger partial charge in [-0.05, 0) is 87.3 Å². The van der Waals surface area contributed by atoms with Crippen molar-refractivity contribution in [3.63, 3.8) is 0 Å². The van der Waals surface area contributed by atoms with Crippen LogP contribution in [0.5, 0.6) is 0 Å². The number of benzene rings is 1. The Morgan fingerprint density at radius 2 is 2.03 bits per heavy atom. The van der Waals surface area contributed by atoms with Crippen LogP contribution < -0.4 is 5.32 Å². The van der Waals surface area contributed by atoms with Crippen molar-refractivity contribution in [2.45, 2.75) is 51.8 Å². The molecule has 2 aliphatic heterocycles. The summed E-state index contributed by atoms with van der Waals surface area (Å²) in [6.45, 7) is 8.06. The van der Waals surface area contributed by atoms with Crippen molar-refractivity contribution in [2.75, 3.05) is 13.2 Å². The summed E-state index contributed by atoms with van der Waals surface area (Å²) < 4.78 is 8.28. The summed E-state index contributed by atoms with van der Waals surface area (Å²) in [4.78, 5) is 6.98. The van der Waals surface area contributed by atoms with Gasteiger partial charge in [0.15, 0.2) is 5.11 Å². The van der Waals surface area contributed by atoms with Gasteiger partial charge in [0.25, 0.3) is 0 Å². The molecule has 0 unspecified atom stereocenters. The molecular weight excluding hydrogens is 452 g/mol. The van der Waals surface area contributed by atoms with Crippen LogP contribution >= 0.6 is 23.8 Å². The predicted molar refractivity (Wildman–Crippen MR) is 136 cm³/mol. The van der Waals surface area contributed by atoms with Crippen molar-refractivity contribution < 1.29 is 4.74 Å². The van der Waals surface area contributed by atoms with Crippen molar-refractivity contribution in [1.29, 1.82) is 0 Å². The standard InChI is InChI=1S/C26H29ClN4OS/c1-16-9-10-19(27)14-23(16)31-17(2)13-21(18(31)3)25-24(22-8-4-5-11-28-22)29-26(33)30(25)15-20-7-6-12-32-20/h4-5,8-11,13-14,20,24-25H,6-7,12,15H2,1-3H3,(H,29,33)/t20-,24+,25-/m0/s1. The van der Waals surface area contributed by atoms with E-state index in [2.05, 4.69) is 58.7 Å². The Kier molecular flexibility index (Phi) is 6.16. The number of rotatable bonds is 5. The molecule has 5 rings (SSSR count). The molecule has 2 aromatic heterocycles. The van der Waals surface area contributed by atoms with Crippen LogP contribution in [0.25, 0.3) is 5.69 Å². The second-order valence-electron chi connectivity index (χ2n) is 9.01. The van der Waals surface area contributed by atoms with Gasteiger partial charge >= 0.3 is 0 Å². The summed E-state index contributed by atoms with van der Waals surface area (Å²) in [5, 5.41) is 5.06. The third-order valence-corrected chi connectivity index (χ3v) is 7.41. The molecule has 172 valence electrons. The minimum absolute atomic E-state index is 0.0241. The average molecular weight is 481 g/mol. The topological polar surface area (TPSA) is 42.3 Å². The number of aromatic nitrogens is 2. The Bertz CT molecular complexity index is 1170. The van der Waals surface area contributed by atoms with E-state index in [-0.39, 0.29) is 18.2 Å². The van der Waals surface area contributed by atoms with E-state index < -0.39 is 0 Å². The maximum Gasteiger partial charge on any atom is 0.170 e. The van der Waals surface area contributed by atoms with Gasteiger partial charge in [0.1, 0.15) is 0 Å². The molecule has 3 aromatic rings. The summed E-state index contributed by atoms with van der Waals surface area (Å²) in [5.41, 5.74) is 6.88. The minimum Gasteiger partial charge on any atom is -0.376 e. The van der Waals surface area contributed by atoms with Gasteiger partial charge in [0, 0.05) is 41.4 Å². The first-order chi connectivity index (χ1) is 15.9. The lowest BCUT2D eigenvalue weighted by Crippen LogP contribution is -2.36. The quantitative estimate of drug-likeness (QED) is 0.481.